The minimum atomic E-state index is -3.46. The lowest BCUT2D eigenvalue weighted by molar-refractivity contribution is 0.216. The Bertz CT molecular complexity index is 1330. The van der Waals surface area contributed by atoms with Crippen LogP contribution in [0.4, 0.5) is 0 Å². The van der Waals surface area contributed by atoms with Crippen molar-refractivity contribution in [2.45, 2.75) is 38.8 Å². The molecule has 1 atom stereocenters. The second kappa shape index (κ2) is 9.93. The maximum atomic E-state index is 12.3. The lowest BCUT2D eigenvalue weighted by Gasteiger charge is -2.14. The van der Waals surface area contributed by atoms with Crippen LogP contribution < -0.4 is 9.46 Å². The van der Waals surface area contributed by atoms with Crippen LogP contribution in [0.25, 0.3) is 22.8 Å². The van der Waals surface area contributed by atoms with Crippen LogP contribution in [0.2, 0.25) is 0 Å². The maximum Gasteiger partial charge on any atom is 0.258 e. The minimum absolute atomic E-state index is 0.0542. The van der Waals surface area contributed by atoms with Crippen molar-refractivity contribution in [3.63, 3.8) is 0 Å². The lowest BCUT2D eigenvalue weighted by atomic mass is 10.0. The van der Waals surface area contributed by atoms with Crippen LogP contribution in [-0.4, -0.2) is 44.1 Å². The van der Waals surface area contributed by atoms with Crippen molar-refractivity contribution < 1.29 is 22.4 Å². The highest BCUT2D eigenvalue weighted by atomic mass is 32.2. The number of nitriles is 1. The van der Waals surface area contributed by atoms with Crippen LogP contribution in [0.5, 0.6) is 5.75 Å². The predicted octanol–water partition coefficient (Wildman–Crippen LogP) is 3.62. The number of rotatable bonds is 9. The zero-order chi connectivity index (χ0) is 24.3. The van der Waals surface area contributed by atoms with E-state index in [9.17, 15) is 13.7 Å². The highest BCUT2D eigenvalue weighted by molar-refractivity contribution is 7.89. The standard InChI is InChI=1S/C24H26N4O5S/c1-15(2)32-22-10-7-16(13-17(22)14-25)24-26-23(27-33-24)20-6-4-5-19-18(20)8-9-21(19)28-34(29,30)12-11-31-3/h4-7,10,13,15,21,28H,8-9,11-12H2,1-3H3. The number of methoxy groups -OCH3 is 1. The summed E-state index contributed by atoms with van der Waals surface area (Å²) in [5.41, 5.74) is 3.70. The Hall–Kier alpha value is -3.26. The van der Waals surface area contributed by atoms with Crippen LogP contribution in [0.1, 0.15) is 43.0 Å². The van der Waals surface area contributed by atoms with Crippen molar-refractivity contribution in [1.82, 2.24) is 14.9 Å². The second-order valence-electron chi connectivity index (χ2n) is 8.31. The van der Waals surface area contributed by atoms with Crippen molar-refractivity contribution in [2.24, 2.45) is 0 Å². The topological polar surface area (TPSA) is 127 Å². The Morgan fingerprint density at radius 1 is 1.29 bits per heavy atom. The molecule has 0 aliphatic heterocycles. The summed E-state index contributed by atoms with van der Waals surface area (Å²) in [5, 5.41) is 13.6. The van der Waals surface area contributed by atoms with E-state index in [4.69, 9.17) is 14.0 Å². The van der Waals surface area contributed by atoms with E-state index in [2.05, 4.69) is 20.9 Å². The first kappa shape index (κ1) is 23.9. The van der Waals surface area contributed by atoms with Gasteiger partial charge in [-0.3, -0.25) is 0 Å². The Balaban J connectivity index is 1.60. The largest absolute Gasteiger partial charge is 0.490 e. The molecule has 0 saturated heterocycles. The van der Waals surface area contributed by atoms with Crippen molar-refractivity contribution in [3.05, 3.63) is 53.1 Å². The van der Waals surface area contributed by atoms with Gasteiger partial charge in [-0.05, 0) is 56.0 Å². The number of aromatic nitrogens is 2. The molecule has 0 amide bonds. The molecule has 1 aromatic heterocycles. The summed E-state index contributed by atoms with van der Waals surface area (Å²) in [6.07, 6.45) is 1.28. The summed E-state index contributed by atoms with van der Waals surface area (Å²) in [6.45, 7) is 3.93. The molecule has 0 radical (unpaired) electrons. The summed E-state index contributed by atoms with van der Waals surface area (Å²) in [4.78, 5) is 4.55. The zero-order valence-corrected chi connectivity index (χ0v) is 20.1. The van der Waals surface area contributed by atoms with E-state index in [0.717, 1.165) is 16.7 Å². The van der Waals surface area contributed by atoms with Gasteiger partial charge in [0, 0.05) is 24.3 Å². The van der Waals surface area contributed by atoms with Gasteiger partial charge in [-0.2, -0.15) is 10.2 Å². The van der Waals surface area contributed by atoms with Gasteiger partial charge in [-0.15, -0.1) is 0 Å². The van der Waals surface area contributed by atoms with Crippen molar-refractivity contribution in [3.8, 4) is 34.7 Å². The number of fused-ring (bicyclic) bond motifs is 1. The van der Waals surface area contributed by atoms with Gasteiger partial charge in [0.1, 0.15) is 11.8 Å². The summed E-state index contributed by atoms with van der Waals surface area (Å²) in [7, 11) is -1.99. The summed E-state index contributed by atoms with van der Waals surface area (Å²) in [6, 6.07) is 12.7. The van der Waals surface area contributed by atoms with E-state index >= 15 is 0 Å². The molecular weight excluding hydrogens is 456 g/mol. The Morgan fingerprint density at radius 2 is 2.12 bits per heavy atom. The fraction of sp³-hybridized carbons (Fsp3) is 0.375. The van der Waals surface area contributed by atoms with Crippen molar-refractivity contribution in [1.29, 1.82) is 5.26 Å². The summed E-state index contributed by atoms with van der Waals surface area (Å²) < 4.78 is 43.5. The third kappa shape index (κ3) is 5.12. The fourth-order valence-corrected chi connectivity index (χ4v) is 5.19. The summed E-state index contributed by atoms with van der Waals surface area (Å²) in [5.74, 6) is 1.11. The second-order valence-corrected chi connectivity index (χ2v) is 10.2. The van der Waals surface area contributed by atoms with Crippen LogP contribution in [0.3, 0.4) is 0 Å². The van der Waals surface area contributed by atoms with E-state index in [-0.39, 0.29) is 30.4 Å². The van der Waals surface area contributed by atoms with Crippen LogP contribution >= 0.6 is 0 Å². The first-order valence-corrected chi connectivity index (χ1v) is 12.6. The normalized spacial score (nSPS) is 15.3. The maximum absolute atomic E-state index is 12.3. The van der Waals surface area contributed by atoms with E-state index in [0.29, 0.717) is 35.5 Å². The number of benzene rings is 2. The molecule has 2 aromatic carbocycles. The zero-order valence-electron chi connectivity index (χ0n) is 19.2. The SMILES string of the molecule is COCCS(=O)(=O)NC1CCc2c(-c3noc(-c4ccc(OC(C)C)c(C#N)c4)n3)cccc21. The average molecular weight is 483 g/mol. The Morgan fingerprint density at radius 3 is 2.85 bits per heavy atom. The molecule has 1 aliphatic carbocycles. The van der Waals surface area contributed by atoms with E-state index in [1.807, 2.05) is 32.0 Å². The quantitative estimate of drug-likeness (QED) is 0.490. The van der Waals surface area contributed by atoms with Gasteiger partial charge in [-0.1, -0.05) is 23.4 Å². The Kier molecular flexibility index (Phi) is 6.97. The van der Waals surface area contributed by atoms with E-state index < -0.39 is 10.0 Å². The highest BCUT2D eigenvalue weighted by Gasteiger charge is 2.29. The molecule has 0 fully saturated rings. The monoisotopic (exact) mass is 482 g/mol. The molecule has 0 bridgehead atoms. The molecule has 34 heavy (non-hydrogen) atoms. The van der Waals surface area contributed by atoms with Gasteiger partial charge in [0.2, 0.25) is 15.8 Å². The molecule has 0 spiro atoms. The van der Waals surface area contributed by atoms with E-state index in [1.165, 1.54) is 7.11 Å². The van der Waals surface area contributed by atoms with Crippen LogP contribution in [0.15, 0.2) is 40.9 Å². The van der Waals surface area contributed by atoms with Crippen LogP contribution in [-0.2, 0) is 21.2 Å². The first-order chi connectivity index (χ1) is 16.3. The molecule has 178 valence electrons. The third-order valence-electron chi connectivity index (χ3n) is 5.53. The molecule has 0 saturated carbocycles. The number of hydrogen-bond donors (Lipinski definition) is 1. The molecular formula is C24H26N4O5S. The molecule has 1 unspecified atom stereocenters. The molecule has 1 aliphatic rings. The molecule has 1 heterocycles. The van der Waals surface area contributed by atoms with Crippen molar-refractivity contribution >= 4 is 10.0 Å². The third-order valence-corrected chi connectivity index (χ3v) is 6.87. The lowest BCUT2D eigenvalue weighted by Crippen LogP contribution is -2.31. The van der Waals surface area contributed by atoms with Gasteiger partial charge in [0.15, 0.2) is 0 Å². The number of hydrogen-bond acceptors (Lipinski definition) is 8. The molecule has 3 aromatic rings. The Labute approximate surface area is 198 Å². The average Bonchev–Trinajstić information content (AvgIpc) is 3.45. The fourth-order valence-electron chi connectivity index (χ4n) is 4.01. The number of sulfonamides is 1. The molecule has 4 rings (SSSR count). The minimum Gasteiger partial charge on any atom is -0.490 e. The molecule has 9 nitrogen and oxygen atoms in total. The predicted molar refractivity (Wildman–Crippen MR) is 126 cm³/mol. The number of nitrogens with one attached hydrogen (secondary N) is 1. The highest BCUT2D eigenvalue weighted by Crippen LogP contribution is 2.38. The first-order valence-electron chi connectivity index (χ1n) is 11.0. The van der Waals surface area contributed by atoms with Gasteiger partial charge in [-0.25, -0.2) is 13.1 Å². The molecule has 10 heteroatoms. The number of nitrogens with zero attached hydrogens (tertiary/aromatic N) is 3. The van der Waals surface area contributed by atoms with E-state index in [1.54, 1.807) is 18.2 Å². The van der Waals surface area contributed by atoms with Gasteiger partial charge < -0.3 is 14.0 Å². The van der Waals surface area contributed by atoms with Gasteiger partial charge in [0.25, 0.3) is 5.89 Å². The van der Waals surface area contributed by atoms with Crippen molar-refractivity contribution in [2.75, 3.05) is 19.5 Å². The van der Waals surface area contributed by atoms with Gasteiger partial charge in [0.05, 0.1) is 24.0 Å². The molecule has 1 N–H and O–H groups in total. The van der Waals surface area contributed by atoms with Crippen LogP contribution in [0, 0.1) is 11.3 Å². The smallest absolute Gasteiger partial charge is 0.258 e. The van der Waals surface area contributed by atoms with Gasteiger partial charge >= 0.3 is 0 Å². The summed E-state index contributed by atoms with van der Waals surface area (Å²) >= 11 is 0. The number of ether oxygens (including phenoxy) is 2.